The number of benzene rings is 1. The van der Waals surface area contributed by atoms with E-state index < -0.39 is 43.1 Å². The molecule has 24 heavy (non-hydrogen) atoms. The lowest BCUT2D eigenvalue weighted by Crippen LogP contribution is -2.49. The Morgan fingerprint density at radius 1 is 1.17 bits per heavy atom. The predicted octanol–water partition coefficient (Wildman–Crippen LogP) is -0.0620. The molecule has 0 aliphatic carbocycles. The third kappa shape index (κ3) is 5.57. The number of aldehydes is 1. The summed E-state index contributed by atoms with van der Waals surface area (Å²) in [5.74, 6) is -1.81. The fraction of sp³-hybridized carbons (Fsp3) is 0.429. The number of hydrogen-bond donors (Lipinski definition) is 4. The minimum absolute atomic E-state index is 0.111. The van der Waals surface area contributed by atoms with Crippen molar-refractivity contribution < 1.29 is 43.1 Å². The van der Waals surface area contributed by atoms with Crippen LogP contribution in [-0.2, 0) is 9.53 Å². The van der Waals surface area contributed by atoms with Gasteiger partial charge in [-0.05, 0) is 12.1 Å². The van der Waals surface area contributed by atoms with E-state index in [1.54, 1.807) is 6.07 Å². The Labute approximate surface area is 134 Å². The first-order valence-corrected chi connectivity index (χ1v) is 6.68. The standard InChI is InChI=1S/C14H16F3NO6/c15-14(16,17)13(18-8-4-2-1-3-5-8)24-10(7-20)12(23)11(22)9(21)6-19/h1-5,7,9-12,19,21-23H,6H2/t9-,10+,11-,12-/m1/s1. The van der Waals surface area contributed by atoms with Crippen molar-refractivity contribution in [1.82, 2.24) is 0 Å². The number of halogens is 3. The number of aliphatic hydroxyl groups is 4. The van der Waals surface area contributed by atoms with Crippen LogP contribution in [0.25, 0.3) is 0 Å². The quantitative estimate of drug-likeness (QED) is 0.310. The van der Waals surface area contributed by atoms with E-state index in [0.29, 0.717) is 0 Å². The highest BCUT2D eigenvalue weighted by molar-refractivity contribution is 5.86. The summed E-state index contributed by atoms with van der Waals surface area (Å²) in [6, 6.07) is 6.93. The maximum atomic E-state index is 13.0. The molecular formula is C14H16F3NO6. The van der Waals surface area contributed by atoms with Crippen LogP contribution >= 0.6 is 0 Å². The van der Waals surface area contributed by atoms with Crippen LogP contribution in [0.4, 0.5) is 18.9 Å². The van der Waals surface area contributed by atoms with Gasteiger partial charge in [0, 0.05) is 0 Å². The first-order valence-electron chi connectivity index (χ1n) is 6.68. The second-order valence-corrected chi connectivity index (χ2v) is 4.70. The molecule has 0 unspecified atom stereocenters. The van der Waals surface area contributed by atoms with Crippen LogP contribution in [0.1, 0.15) is 0 Å². The van der Waals surface area contributed by atoms with Crippen LogP contribution in [0.15, 0.2) is 35.3 Å². The summed E-state index contributed by atoms with van der Waals surface area (Å²) in [7, 11) is 0. The zero-order valence-corrected chi connectivity index (χ0v) is 12.2. The van der Waals surface area contributed by atoms with Gasteiger partial charge in [-0.1, -0.05) is 18.2 Å². The van der Waals surface area contributed by atoms with Crippen molar-refractivity contribution in [2.75, 3.05) is 6.61 Å². The summed E-state index contributed by atoms with van der Waals surface area (Å²) in [6.07, 6.45) is -13.6. The van der Waals surface area contributed by atoms with E-state index in [-0.39, 0.29) is 12.0 Å². The molecule has 134 valence electrons. The lowest BCUT2D eigenvalue weighted by Gasteiger charge is -2.26. The molecule has 0 heterocycles. The zero-order chi connectivity index (χ0) is 18.3. The fourth-order valence-electron chi connectivity index (χ4n) is 1.61. The average Bonchev–Trinajstić information content (AvgIpc) is 2.56. The summed E-state index contributed by atoms with van der Waals surface area (Å²) in [4.78, 5) is 14.1. The number of carbonyl (C=O) groups excluding carboxylic acids is 1. The molecule has 0 amide bonds. The van der Waals surface area contributed by atoms with Crippen LogP contribution in [0, 0.1) is 0 Å². The number of ether oxygens (including phenoxy) is 1. The molecular weight excluding hydrogens is 335 g/mol. The van der Waals surface area contributed by atoms with Gasteiger partial charge < -0.3 is 25.2 Å². The van der Waals surface area contributed by atoms with E-state index in [1.165, 1.54) is 24.3 Å². The lowest BCUT2D eigenvalue weighted by atomic mass is 10.0. The number of alkyl halides is 3. The zero-order valence-electron chi connectivity index (χ0n) is 12.2. The molecule has 0 saturated carbocycles. The molecule has 1 rings (SSSR count). The molecule has 1 aromatic rings. The van der Waals surface area contributed by atoms with Crippen LogP contribution < -0.4 is 0 Å². The molecule has 0 aromatic heterocycles. The van der Waals surface area contributed by atoms with Gasteiger partial charge in [0.05, 0.1) is 12.3 Å². The van der Waals surface area contributed by atoms with E-state index in [2.05, 4.69) is 9.73 Å². The fourth-order valence-corrected chi connectivity index (χ4v) is 1.61. The Hall–Kier alpha value is -2.01. The van der Waals surface area contributed by atoms with Crippen LogP contribution in [0.5, 0.6) is 0 Å². The van der Waals surface area contributed by atoms with Crippen molar-refractivity contribution in [3.63, 3.8) is 0 Å². The van der Waals surface area contributed by atoms with Gasteiger partial charge in [-0.3, -0.25) is 4.79 Å². The van der Waals surface area contributed by atoms with Gasteiger partial charge in [0.1, 0.15) is 18.3 Å². The first kappa shape index (κ1) is 20.0. The molecule has 4 atom stereocenters. The number of hydrogen-bond acceptors (Lipinski definition) is 7. The first-order chi connectivity index (χ1) is 11.2. The van der Waals surface area contributed by atoms with Gasteiger partial charge in [0.15, 0.2) is 12.4 Å². The van der Waals surface area contributed by atoms with Gasteiger partial charge in [-0.2, -0.15) is 13.2 Å². The number of nitrogens with zero attached hydrogens (tertiary/aromatic N) is 1. The Morgan fingerprint density at radius 3 is 2.21 bits per heavy atom. The minimum Gasteiger partial charge on any atom is -0.460 e. The molecule has 0 spiro atoms. The molecule has 7 nitrogen and oxygen atoms in total. The van der Waals surface area contributed by atoms with E-state index in [1.807, 2.05) is 0 Å². The second-order valence-electron chi connectivity index (χ2n) is 4.70. The number of aliphatic hydroxyl groups excluding tert-OH is 4. The van der Waals surface area contributed by atoms with Gasteiger partial charge in [-0.25, -0.2) is 4.99 Å². The Kier molecular flexibility index (Phi) is 7.29. The number of rotatable bonds is 7. The molecule has 4 N–H and O–H groups in total. The molecule has 0 radical (unpaired) electrons. The van der Waals surface area contributed by atoms with E-state index in [4.69, 9.17) is 5.11 Å². The Morgan fingerprint density at radius 2 is 1.75 bits per heavy atom. The largest absolute Gasteiger partial charge is 0.468 e. The minimum atomic E-state index is -5.07. The predicted molar refractivity (Wildman–Crippen MR) is 75.6 cm³/mol. The molecule has 0 aliphatic heterocycles. The molecule has 0 fully saturated rings. The average molecular weight is 351 g/mol. The van der Waals surface area contributed by atoms with E-state index >= 15 is 0 Å². The SMILES string of the molecule is O=C[C@H](OC(=Nc1ccccc1)C(F)(F)F)[C@@H](O)[C@H](O)[C@H](O)CO. The summed E-state index contributed by atoms with van der Waals surface area (Å²) < 4.78 is 43.4. The molecule has 0 saturated heterocycles. The van der Waals surface area contributed by atoms with Crippen molar-refractivity contribution in [2.24, 2.45) is 4.99 Å². The third-order valence-electron chi connectivity index (χ3n) is 2.88. The summed E-state index contributed by atoms with van der Waals surface area (Å²) in [5.41, 5.74) is -0.111. The van der Waals surface area contributed by atoms with E-state index in [9.17, 15) is 33.3 Å². The number of aliphatic imine (C=N–C) groups is 1. The number of para-hydroxylation sites is 1. The topological polar surface area (TPSA) is 120 Å². The Bertz CT molecular complexity index is 551. The summed E-state index contributed by atoms with van der Waals surface area (Å²) in [5, 5.41) is 37.0. The van der Waals surface area contributed by atoms with Gasteiger partial charge >= 0.3 is 6.18 Å². The second kappa shape index (κ2) is 8.73. The van der Waals surface area contributed by atoms with Crippen molar-refractivity contribution in [1.29, 1.82) is 0 Å². The van der Waals surface area contributed by atoms with E-state index in [0.717, 1.165) is 0 Å². The monoisotopic (exact) mass is 351 g/mol. The number of carbonyl (C=O) groups is 1. The van der Waals surface area contributed by atoms with Crippen LogP contribution in [0.2, 0.25) is 0 Å². The molecule has 0 aliphatic rings. The van der Waals surface area contributed by atoms with Gasteiger partial charge in [-0.15, -0.1) is 0 Å². The Balaban J connectivity index is 3.04. The van der Waals surface area contributed by atoms with Gasteiger partial charge in [0.25, 0.3) is 5.90 Å². The highest BCUT2D eigenvalue weighted by atomic mass is 19.4. The van der Waals surface area contributed by atoms with Crippen LogP contribution in [0.3, 0.4) is 0 Å². The molecule has 1 aromatic carbocycles. The van der Waals surface area contributed by atoms with Crippen LogP contribution in [-0.4, -0.2) is 69.8 Å². The van der Waals surface area contributed by atoms with Crippen molar-refractivity contribution in [2.45, 2.75) is 30.6 Å². The normalized spacial score (nSPS) is 17.7. The van der Waals surface area contributed by atoms with Crippen molar-refractivity contribution in [3.8, 4) is 0 Å². The smallest absolute Gasteiger partial charge is 0.460 e. The summed E-state index contributed by atoms with van der Waals surface area (Å²) in [6.45, 7) is -0.978. The summed E-state index contributed by atoms with van der Waals surface area (Å²) >= 11 is 0. The van der Waals surface area contributed by atoms with Crippen molar-refractivity contribution in [3.05, 3.63) is 30.3 Å². The van der Waals surface area contributed by atoms with Gasteiger partial charge in [0.2, 0.25) is 0 Å². The maximum Gasteiger partial charge on any atom is 0.468 e. The molecule has 0 bridgehead atoms. The highest BCUT2D eigenvalue weighted by Gasteiger charge is 2.42. The van der Waals surface area contributed by atoms with Crippen molar-refractivity contribution >= 4 is 17.9 Å². The molecule has 10 heteroatoms. The maximum absolute atomic E-state index is 13.0. The highest BCUT2D eigenvalue weighted by Crippen LogP contribution is 2.24. The third-order valence-corrected chi connectivity index (χ3v) is 2.88. The lowest BCUT2D eigenvalue weighted by molar-refractivity contribution is -0.141.